The molecular weight excluding hydrogens is 526 g/mol. The Labute approximate surface area is 241 Å². The Hall–Kier alpha value is -3.50. The van der Waals surface area contributed by atoms with Crippen molar-refractivity contribution < 1.29 is 39.5 Å². The minimum atomic E-state index is -1.80. The van der Waals surface area contributed by atoms with Gasteiger partial charge in [0.15, 0.2) is 6.10 Å². The molecule has 1 amide bonds. The fourth-order valence-corrected chi connectivity index (χ4v) is 4.97. The van der Waals surface area contributed by atoms with Gasteiger partial charge in [0.25, 0.3) is 0 Å². The molecule has 2 aliphatic rings. The van der Waals surface area contributed by atoms with Crippen molar-refractivity contribution in [2.75, 3.05) is 5.32 Å². The molecule has 41 heavy (non-hydrogen) atoms. The molecule has 9 heteroatoms. The van der Waals surface area contributed by atoms with Gasteiger partial charge in [-0.15, -0.1) is 0 Å². The van der Waals surface area contributed by atoms with Gasteiger partial charge < -0.3 is 35.2 Å². The summed E-state index contributed by atoms with van der Waals surface area (Å²) in [6.07, 6.45) is 6.69. The summed E-state index contributed by atoms with van der Waals surface area (Å²) in [6.45, 7) is 10.7. The van der Waals surface area contributed by atoms with Crippen LogP contribution in [0.5, 0.6) is 5.75 Å². The summed E-state index contributed by atoms with van der Waals surface area (Å²) in [7, 11) is 0. The highest BCUT2D eigenvalue weighted by molar-refractivity contribution is 6.00. The van der Waals surface area contributed by atoms with Crippen molar-refractivity contribution in [1.82, 2.24) is 0 Å². The molecule has 222 valence electrons. The van der Waals surface area contributed by atoms with Crippen LogP contribution in [0.2, 0.25) is 0 Å². The van der Waals surface area contributed by atoms with Crippen LogP contribution in [-0.2, 0) is 14.3 Å². The topological polar surface area (TPSA) is 146 Å². The number of benzene rings is 1. The quantitative estimate of drug-likeness (QED) is 0.218. The lowest BCUT2D eigenvalue weighted by Gasteiger charge is -2.38. The number of amides is 1. The molecule has 5 atom stereocenters. The van der Waals surface area contributed by atoms with Crippen molar-refractivity contribution in [2.24, 2.45) is 5.41 Å². The molecule has 0 radical (unpaired) electrons. The minimum Gasteiger partial charge on any atom is -0.479 e. The summed E-state index contributed by atoms with van der Waals surface area (Å²) in [6, 6.07) is 6.10. The average molecular weight is 568 g/mol. The van der Waals surface area contributed by atoms with E-state index < -0.39 is 36.7 Å². The highest BCUT2D eigenvalue weighted by Gasteiger charge is 2.48. The van der Waals surface area contributed by atoms with Gasteiger partial charge in [0.1, 0.15) is 24.1 Å². The van der Waals surface area contributed by atoms with E-state index in [4.69, 9.17) is 14.6 Å². The van der Waals surface area contributed by atoms with E-state index in [2.05, 4.69) is 38.2 Å². The Bertz CT molecular complexity index is 1250. The lowest BCUT2D eigenvalue weighted by molar-refractivity contribution is -0.271. The third-order valence-electron chi connectivity index (χ3n) is 7.32. The highest BCUT2D eigenvalue weighted by Crippen LogP contribution is 2.40. The van der Waals surface area contributed by atoms with E-state index in [9.17, 15) is 24.9 Å². The summed E-state index contributed by atoms with van der Waals surface area (Å²) in [5, 5.41) is 41.7. The number of carboxylic acid groups (broad SMARTS) is 1. The smallest absolute Gasteiger partial charge is 0.335 e. The maximum atomic E-state index is 12.5. The Morgan fingerprint density at radius 2 is 1.71 bits per heavy atom. The normalized spacial score (nSPS) is 27.4. The van der Waals surface area contributed by atoms with Crippen LogP contribution in [0.1, 0.15) is 53.9 Å². The zero-order chi connectivity index (χ0) is 30.3. The Morgan fingerprint density at radius 1 is 1.02 bits per heavy atom. The molecule has 0 saturated carbocycles. The van der Waals surface area contributed by atoms with Crippen molar-refractivity contribution in [3.63, 3.8) is 0 Å². The van der Waals surface area contributed by atoms with Crippen molar-refractivity contribution in [1.29, 1.82) is 0 Å². The zero-order valence-electron chi connectivity index (χ0n) is 24.2. The Kier molecular flexibility index (Phi) is 10.9. The molecule has 3 rings (SSSR count). The number of aliphatic carboxylic acids is 1. The number of aliphatic hydroxyl groups is 3. The molecule has 1 aliphatic heterocycles. The molecule has 1 aromatic rings. The minimum absolute atomic E-state index is 0.195. The van der Waals surface area contributed by atoms with Crippen LogP contribution < -0.4 is 10.1 Å². The molecule has 1 heterocycles. The second kappa shape index (κ2) is 13.9. The fraction of sp³-hybridized carbons (Fsp3) is 0.438. The molecular formula is C32H41NO8. The third kappa shape index (κ3) is 8.74. The van der Waals surface area contributed by atoms with Crippen molar-refractivity contribution >= 4 is 17.6 Å². The molecule has 1 aromatic carbocycles. The molecule has 9 nitrogen and oxygen atoms in total. The van der Waals surface area contributed by atoms with Gasteiger partial charge in [0.2, 0.25) is 12.2 Å². The van der Waals surface area contributed by atoms with E-state index >= 15 is 0 Å². The molecule has 0 unspecified atom stereocenters. The largest absolute Gasteiger partial charge is 0.479 e. The summed E-state index contributed by atoms with van der Waals surface area (Å²) in [4.78, 5) is 23.7. The van der Waals surface area contributed by atoms with Crippen LogP contribution in [0.25, 0.3) is 0 Å². The predicted octanol–water partition coefficient (Wildman–Crippen LogP) is 4.43. The van der Waals surface area contributed by atoms with Gasteiger partial charge in [-0.05, 0) is 80.9 Å². The fourth-order valence-electron chi connectivity index (χ4n) is 4.97. The first-order chi connectivity index (χ1) is 19.3. The predicted molar refractivity (Wildman–Crippen MR) is 156 cm³/mol. The SMILES string of the molecule is CC1=C(/C=C/C(C)=C/C=C/C(C)=C/C(=O)Nc2ccc(O[C@@H]3O[C@@H](C(=O)O)[C@@H](O)[C@H](O)[C@@H]3O)cc2)C(C)(C)CCC1. The third-order valence-corrected chi connectivity index (χ3v) is 7.32. The number of anilines is 1. The summed E-state index contributed by atoms with van der Waals surface area (Å²) in [5.74, 6) is -1.62. The first-order valence-electron chi connectivity index (χ1n) is 13.7. The van der Waals surface area contributed by atoms with E-state index in [0.29, 0.717) is 5.69 Å². The lowest BCUT2D eigenvalue weighted by Crippen LogP contribution is -2.61. The van der Waals surface area contributed by atoms with E-state index in [0.717, 1.165) is 17.6 Å². The number of hydrogen-bond acceptors (Lipinski definition) is 7. The maximum absolute atomic E-state index is 12.5. The standard InChI is InChI=1S/C32H41NO8/c1-19(11-16-24-21(3)10-7-17-32(24,4)5)8-6-9-20(2)18-25(34)33-22-12-14-23(15-13-22)40-31-28(37)26(35)27(36)29(41-31)30(38)39/h6,8-9,11-16,18,26-29,31,35-37H,7,10,17H2,1-5H3,(H,33,34)(H,38,39)/b9-6+,16-11+,19-8+,20-18+/t26-,27-,28-,29+,31+/m0/s1. The number of allylic oxidation sites excluding steroid dienone is 9. The van der Waals surface area contributed by atoms with Gasteiger partial charge in [-0.2, -0.15) is 0 Å². The molecule has 0 aromatic heterocycles. The number of carbonyl (C=O) groups excluding carboxylic acids is 1. The first-order valence-corrected chi connectivity index (χ1v) is 13.7. The molecule has 0 bridgehead atoms. The van der Waals surface area contributed by atoms with Gasteiger partial charge >= 0.3 is 5.97 Å². The van der Waals surface area contributed by atoms with Gasteiger partial charge in [-0.3, -0.25) is 4.79 Å². The second-order valence-corrected chi connectivity index (χ2v) is 11.3. The maximum Gasteiger partial charge on any atom is 0.335 e. The Morgan fingerprint density at radius 3 is 2.34 bits per heavy atom. The van der Waals surface area contributed by atoms with Gasteiger partial charge in [0, 0.05) is 11.8 Å². The first kappa shape index (κ1) is 32.0. The monoisotopic (exact) mass is 567 g/mol. The van der Waals surface area contributed by atoms with Crippen LogP contribution in [0.15, 0.2) is 83.0 Å². The van der Waals surface area contributed by atoms with Crippen LogP contribution in [0, 0.1) is 5.41 Å². The van der Waals surface area contributed by atoms with E-state index in [1.807, 2.05) is 32.1 Å². The second-order valence-electron chi connectivity index (χ2n) is 11.3. The average Bonchev–Trinajstić information content (AvgIpc) is 2.89. The van der Waals surface area contributed by atoms with Gasteiger partial charge in [0.05, 0.1) is 0 Å². The number of carbonyl (C=O) groups is 2. The Balaban J connectivity index is 1.54. The highest BCUT2D eigenvalue weighted by atomic mass is 16.7. The molecule has 1 saturated heterocycles. The molecule has 5 N–H and O–H groups in total. The van der Waals surface area contributed by atoms with E-state index in [1.165, 1.54) is 42.2 Å². The zero-order valence-corrected chi connectivity index (χ0v) is 24.2. The van der Waals surface area contributed by atoms with Crippen molar-refractivity contribution in [3.8, 4) is 5.75 Å². The number of hydrogen-bond donors (Lipinski definition) is 5. The van der Waals surface area contributed by atoms with Gasteiger partial charge in [-0.1, -0.05) is 55.4 Å². The summed E-state index contributed by atoms with van der Waals surface area (Å²) < 4.78 is 10.6. The van der Waals surface area contributed by atoms with Crippen LogP contribution in [0.3, 0.4) is 0 Å². The summed E-state index contributed by atoms with van der Waals surface area (Å²) >= 11 is 0. The van der Waals surface area contributed by atoms with Crippen LogP contribution in [0.4, 0.5) is 5.69 Å². The number of aliphatic hydroxyl groups excluding tert-OH is 3. The van der Waals surface area contributed by atoms with Crippen molar-refractivity contribution in [3.05, 3.63) is 83.0 Å². The van der Waals surface area contributed by atoms with Gasteiger partial charge in [-0.25, -0.2) is 4.79 Å². The number of nitrogens with one attached hydrogen (secondary N) is 1. The molecule has 1 aliphatic carbocycles. The van der Waals surface area contributed by atoms with E-state index in [-0.39, 0.29) is 17.1 Å². The number of carboxylic acids is 1. The van der Waals surface area contributed by atoms with Crippen LogP contribution in [-0.4, -0.2) is 63.0 Å². The number of ether oxygens (including phenoxy) is 2. The van der Waals surface area contributed by atoms with Crippen LogP contribution >= 0.6 is 0 Å². The summed E-state index contributed by atoms with van der Waals surface area (Å²) in [5.41, 5.74) is 5.42. The molecule has 0 spiro atoms. The van der Waals surface area contributed by atoms with Crippen molar-refractivity contribution in [2.45, 2.75) is 84.6 Å². The lowest BCUT2D eigenvalue weighted by atomic mass is 9.72. The van der Waals surface area contributed by atoms with E-state index in [1.54, 1.807) is 12.1 Å². The number of rotatable bonds is 9. The molecule has 1 fully saturated rings.